The van der Waals surface area contributed by atoms with Crippen molar-refractivity contribution in [1.82, 2.24) is 9.97 Å². The molecule has 1 fully saturated rings. The number of benzene rings is 1. The quantitative estimate of drug-likeness (QED) is 0.833. The molecule has 144 valence electrons. The average Bonchev–Trinajstić information content (AvgIpc) is 3.14. The lowest BCUT2D eigenvalue weighted by molar-refractivity contribution is -0.128. The second-order valence-electron chi connectivity index (χ2n) is 7.28. The van der Waals surface area contributed by atoms with Gasteiger partial charge in [-0.1, -0.05) is 11.6 Å². The molecule has 2 heterocycles. The molecule has 0 radical (unpaired) electrons. The van der Waals surface area contributed by atoms with Crippen LogP contribution >= 0.6 is 11.6 Å². The average molecular weight is 389 g/mol. The normalized spacial score (nSPS) is 14.3. The molecule has 7 heteroatoms. The Morgan fingerprint density at radius 2 is 1.67 bits per heavy atom. The Balaban J connectivity index is 1.75. The summed E-state index contributed by atoms with van der Waals surface area (Å²) in [6.45, 7) is 9.18. The third kappa shape index (κ3) is 4.50. The van der Waals surface area contributed by atoms with Crippen molar-refractivity contribution in [2.75, 3.05) is 23.3 Å². The summed E-state index contributed by atoms with van der Waals surface area (Å²) in [4.78, 5) is 24.2. The van der Waals surface area contributed by atoms with Crippen molar-refractivity contribution in [2.24, 2.45) is 0 Å². The van der Waals surface area contributed by atoms with Gasteiger partial charge < -0.3 is 15.0 Å². The van der Waals surface area contributed by atoms with E-state index in [2.05, 4.69) is 20.2 Å². The van der Waals surface area contributed by atoms with Gasteiger partial charge in [0.25, 0.3) is 5.91 Å². The Morgan fingerprint density at radius 1 is 1.11 bits per heavy atom. The maximum absolute atomic E-state index is 12.8. The van der Waals surface area contributed by atoms with Crippen molar-refractivity contribution in [3.8, 4) is 5.75 Å². The molecule has 2 aromatic rings. The van der Waals surface area contributed by atoms with E-state index >= 15 is 0 Å². The first-order chi connectivity index (χ1) is 12.8. The van der Waals surface area contributed by atoms with Crippen LogP contribution in [0.15, 0.2) is 24.3 Å². The summed E-state index contributed by atoms with van der Waals surface area (Å²) in [6, 6.07) is 6.93. The van der Waals surface area contributed by atoms with E-state index in [1.54, 1.807) is 38.1 Å². The lowest BCUT2D eigenvalue weighted by Gasteiger charge is -2.26. The number of carbonyl (C=O) groups excluding carboxylic acids is 1. The molecule has 27 heavy (non-hydrogen) atoms. The summed E-state index contributed by atoms with van der Waals surface area (Å²) in [5.41, 5.74) is 1.07. The van der Waals surface area contributed by atoms with E-state index in [1.807, 2.05) is 13.8 Å². The number of ether oxygens (including phenoxy) is 1. The van der Waals surface area contributed by atoms with Crippen LogP contribution in [-0.2, 0) is 4.79 Å². The fourth-order valence-corrected chi connectivity index (χ4v) is 3.17. The van der Waals surface area contributed by atoms with Crippen LogP contribution in [0.25, 0.3) is 0 Å². The van der Waals surface area contributed by atoms with Crippen molar-refractivity contribution in [3.05, 3.63) is 40.7 Å². The van der Waals surface area contributed by atoms with Gasteiger partial charge in [-0.3, -0.25) is 4.79 Å². The van der Waals surface area contributed by atoms with Gasteiger partial charge in [-0.15, -0.1) is 0 Å². The molecular formula is C20H25ClN4O2. The highest BCUT2D eigenvalue weighted by atomic mass is 35.5. The lowest BCUT2D eigenvalue weighted by atomic mass is 10.1. The maximum Gasteiger partial charge on any atom is 0.268 e. The van der Waals surface area contributed by atoms with Crippen LogP contribution in [0.2, 0.25) is 5.02 Å². The minimum absolute atomic E-state index is 0.263. The summed E-state index contributed by atoms with van der Waals surface area (Å²) in [6.07, 6.45) is 2.33. The Labute approximate surface area is 164 Å². The molecule has 1 N–H and O–H groups in total. The summed E-state index contributed by atoms with van der Waals surface area (Å²) in [5.74, 6) is 1.05. The Bertz CT molecular complexity index is 807. The molecule has 1 aliphatic heterocycles. The molecule has 0 saturated carbocycles. The number of aryl methyl sites for hydroxylation is 2. The van der Waals surface area contributed by atoms with Crippen LogP contribution in [0.5, 0.6) is 5.75 Å². The number of rotatable bonds is 5. The molecule has 0 aliphatic carbocycles. The lowest BCUT2D eigenvalue weighted by Crippen LogP contribution is -2.43. The Kier molecular flexibility index (Phi) is 5.56. The first-order valence-corrected chi connectivity index (χ1v) is 9.50. The fourth-order valence-electron chi connectivity index (χ4n) is 3.05. The molecule has 6 nitrogen and oxygen atoms in total. The van der Waals surface area contributed by atoms with Gasteiger partial charge in [0.05, 0.1) is 17.1 Å². The van der Waals surface area contributed by atoms with Crippen LogP contribution < -0.4 is 15.0 Å². The van der Waals surface area contributed by atoms with E-state index in [0.29, 0.717) is 16.5 Å². The molecule has 3 rings (SSSR count). The SMILES string of the molecule is Cc1nc(N2CCCC2)nc(C)c1NC(=O)C(C)(C)Oc1ccc(Cl)cc1. The number of aromatic nitrogens is 2. The van der Waals surface area contributed by atoms with Crippen molar-refractivity contribution < 1.29 is 9.53 Å². The van der Waals surface area contributed by atoms with E-state index < -0.39 is 5.60 Å². The number of nitrogens with one attached hydrogen (secondary N) is 1. The zero-order chi connectivity index (χ0) is 19.6. The van der Waals surface area contributed by atoms with Crippen LogP contribution in [-0.4, -0.2) is 34.6 Å². The molecule has 1 aromatic heterocycles. The third-order valence-electron chi connectivity index (χ3n) is 4.62. The van der Waals surface area contributed by atoms with E-state index in [-0.39, 0.29) is 5.91 Å². The molecule has 0 bridgehead atoms. The second-order valence-corrected chi connectivity index (χ2v) is 7.72. The van der Waals surface area contributed by atoms with Crippen molar-refractivity contribution in [1.29, 1.82) is 0 Å². The number of halogens is 1. The molecule has 0 atom stereocenters. The summed E-state index contributed by atoms with van der Waals surface area (Å²) >= 11 is 5.90. The number of anilines is 2. The van der Waals surface area contributed by atoms with Crippen LogP contribution in [0, 0.1) is 13.8 Å². The number of hydrogen-bond acceptors (Lipinski definition) is 5. The first kappa shape index (κ1) is 19.4. The molecule has 1 aromatic carbocycles. The van der Waals surface area contributed by atoms with E-state index in [4.69, 9.17) is 16.3 Å². The van der Waals surface area contributed by atoms with Gasteiger partial charge >= 0.3 is 0 Å². The van der Waals surface area contributed by atoms with Crippen LogP contribution in [0.4, 0.5) is 11.6 Å². The molecule has 1 amide bonds. The summed E-state index contributed by atoms with van der Waals surface area (Å²) in [5, 5.41) is 3.55. The number of hydrogen-bond donors (Lipinski definition) is 1. The third-order valence-corrected chi connectivity index (χ3v) is 4.87. The largest absolute Gasteiger partial charge is 0.478 e. The number of nitrogens with zero attached hydrogens (tertiary/aromatic N) is 3. The summed E-state index contributed by atoms with van der Waals surface area (Å²) in [7, 11) is 0. The highest BCUT2D eigenvalue weighted by molar-refractivity contribution is 6.30. The summed E-state index contributed by atoms with van der Waals surface area (Å²) < 4.78 is 5.86. The van der Waals surface area contributed by atoms with Gasteiger partial charge in [0.1, 0.15) is 5.75 Å². The zero-order valence-corrected chi connectivity index (χ0v) is 16.9. The van der Waals surface area contributed by atoms with E-state index in [9.17, 15) is 4.79 Å². The van der Waals surface area contributed by atoms with Crippen molar-refractivity contribution >= 4 is 29.1 Å². The maximum atomic E-state index is 12.8. The van der Waals surface area contributed by atoms with Gasteiger partial charge in [-0.05, 0) is 64.8 Å². The van der Waals surface area contributed by atoms with Crippen LogP contribution in [0.3, 0.4) is 0 Å². The predicted octanol–water partition coefficient (Wildman–Crippen LogP) is 4.14. The monoisotopic (exact) mass is 388 g/mol. The zero-order valence-electron chi connectivity index (χ0n) is 16.2. The van der Waals surface area contributed by atoms with Gasteiger partial charge in [-0.2, -0.15) is 0 Å². The molecule has 0 spiro atoms. The van der Waals surface area contributed by atoms with Crippen molar-refractivity contribution in [2.45, 2.75) is 46.1 Å². The second kappa shape index (κ2) is 7.72. The van der Waals surface area contributed by atoms with Gasteiger partial charge in [0.15, 0.2) is 5.60 Å². The van der Waals surface area contributed by atoms with Gasteiger partial charge in [-0.25, -0.2) is 9.97 Å². The van der Waals surface area contributed by atoms with Gasteiger partial charge in [0, 0.05) is 18.1 Å². The molecule has 1 saturated heterocycles. The highest BCUT2D eigenvalue weighted by Crippen LogP contribution is 2.26. The van der Waals surface area contributed by atoms with E-state index in [0.717, 1.165) is 43.3 Å². The fraction of sp³-hybridized carbons (Fsp3) is 0.450. The smallest absolute Gasteiger partial charge is 0.268 e. The molecule has 0 unspecified atom stereocenters. The van der Waals surface area contributed by atoms with Crippen LogP contribution in [0.1, 0.15) is 38.1 Å². The first-order valence-electron chi connectivity index (χ1n) is 9.12. The molecular weight excluding hydrogens is 364 g/mol. The van der Waals surface area contributed by atoms with Crippen molar-refractivity contribution in [3.63, 3.8) is 0 Å². The standard InChI is InChI=1S/C20H25ClN4O2/c1-13-17(14(2)23-19(22-13)25-11-5-6-12-25)24-18(26)20(3,4)27-16-9-7-15(21)8-10-16/h7-10H,5-6,11-12H2,1-4H3,(H,24,26). The topological polar surface area (TPSA) is 67.4 Å². The minimum Gasteiger partial charge on any atom is -0.478 e. The number of amides is 1. The Hall–Kier alpha value is -2.34. The minimum atomic E-state index is -1.07. The molecule has 1 aliphatic rings. The van der Waals surface area contributed by atoms with E-state index in [1.165, 1.54) is 0 Å². The van der Waals surface area contributed by atoms with Gasteiger partial charge in [0.2, 0.25) is 5.95 Å². The highest BCUT2D eigenvalue weighted by Gasteiger charge is 2.31. The number of carbonyl (C=O) groups is 1. The predicted molar refractivity (Wildman–Crippen MR) is 108 cm³/mol. The Morgan fingerprint density at radius 3 is 2.22 bits per heavy atom.